The van der Waals surface area contributed by atoms with E-state index in [0.29, 0.717) is 19.4 Å². The van der Waals surface area contributed by atoms with Crippen molar-refractivity contribution in [2.75, 3.05) is 6.61 Å². The van der Waals surface area contributed by atoms with Crippen LogP contribution >= 0.6 is 0 Å². The van der Waals surface area contributed by atoms with Crippen LogP contribution in [0.1, 0.15) is 117 Å². The Balaban J connectivity index is 2.87. The molecule has 0 amide bonds. The first kappa shape index (κ1) is 24.2. The molecule has 4 heteroatoms. The van der Waals surface area contributed by atoms with Crippen molar-refractivity contribution in [1.29, 1.82) is 0 Å². The maximum Gasteiger partial charge on any atom is 0.339 e. The minimum Gasteiger partial charge on any atom is -0.478 e. The molecule has 158 valence electrons. The Labute approximate surface area is 170 Å². The Kier molecular flexibility index (Phi) is 12.3. The topological polar surface area (TPSA) is 63.6 Å². The van der Waals surface area contributed by atoms with E-state index in [9.17, 15) is 14.7 Å². The maximum atomic E-state index is 12.7. The third kappa shape index (κ3) is 8.04. The van der Waals surface area contributed by atoms with Crippen molar-refractivity contribution in [3.63, 3.8) is 0 Å². The van der Waals surface area contributed by atoms with Crippen molar-refractivity contribution < 1.29 is 19.4 Å². The molecule has 0 aliphatic heterocycles. The van der Waals surface area contributed by atoms with Crippen LogP contribution in [0.2, 0.25) is 0 Å². The number of aromatic carboxylic acids is 1. The predicted octanol–water partition coefficient (Wildman–Crippen LogP) is 6.59. The zero-order chi connectivity index (χ0) is 20.8. The lowest BCUT2D eigenvalue weighted by Gasteiger charge is -2.15. The van der Waals surface area contributed by atoms with Gasteiger partial charge in [-0.15, -0.1) is 0 Å². The van der Waals surface area contributed by atoms with Gasteiger partial charge in [0.2, 0.25) is 0 Å². The first-order valence-electron chi connectivity index (χ1n) is 11.1. The predicted molar refractivity (Wildman–Crippen MR) is 114 cm³/mol. The van der Waals surface area contributed by atoms with Gasteiger partial charge in [-0.1, -0.05) is 84.3 Å². The Morgan fingerprint density at radius 1 is 0.786 bits per heavy atom. The maximum absolute atomic E-state index is 12.7. The first-order valence-corrected chi connectivity index (χ1v) is 11.1. The van der Waals surface area contributed by atoms with E-state index in [4.69, 9.17) is 4.74 Å². The molecule has 0 aromatic heterocycles. The number of aryl methyl sites for hydroxylation is 2. The van der Waals surface area contributed by atoms with Crippen LogP contribution in [0.15, 0.2) is 12.1 Å². The van der Waals surface area contributed by atoms with E-state index in [-0.39, 0.29) is 11.1 Å². The number of carbonyl (C=O) groups excluding carboxylic acids is 1. The molecule has 0 bridgehead atoms. The molecule has 0 heterocycles. The normalized spacial score (nSPS) is 10.8. The number of carboxylic acid groups (broad SMARTS) is 1. The number of esters is 1. The summed E-state index contributed by atoms with van der Waals surface area (Å²) in [6, 6.07) is 3.78. The van der Waals surface area contributed by atoms with Crippen molar-refractivity contribution in [2.45, 2.75) is 97.8 Å². The van der Waals surface area contributed by atoms with E-state index in [1.165, 1.54) is 25.7 Å². The molecule has 0 unspecified atom stereocenters. The fourth-order valence-electron chi connectivity index (χ4n) is 3.53. The van der Waals surface area contributed by atoms with E-state index in [2.05, 4.69) is 13.8 Å². The van der Waals surface area contributed by atoms with Crippen LogP contribution in [0.3, 0.4) is 0 Å². The molecular weight excluding hydrogens is 352 g/mol. The van der Waals surface area contributed by atoms with Gasteiger partial charge in [0, 0.05) is 0 Å². The van der Waals surface area contributed by atoms with Gasteiger partial charge in [0.25, 0.3) is 0 Å². The number of unbranched alkanes of at least 4 members (excludes halogenated alkanes) is 8. The van der Waals surface area contributed by atoms with Gasteiger partial charge in [0.15, 0.2) is 0 Å². The molecule has 0 aliphatic carbocycles. The number of benzene rings is 1. The highest BCUT2D eigenvalue weighted by Crippen LogP contribution is 2.24. The molecule has 4 nitrogen and oxygen atoms in total. The molecule has 0 aliphatic rings. The minimum atomic E-state index is -1.03. The summed E-state index contributed by atoms with van der Waals surface area (Å²) >= 11 is 0. The SMILES string of the molecule is CCCCCCCCc1ccc(CC)c(C(=O)OCCCCCC)c1C(=O)O. The molecule has 0 radical (unpaired) electrons. The fourth-order valence-corrected chi connectivity index (χ4v) is 3.53. The summed E-state index contributed by atoms with van der Waals surface area (Å²) in [4.78, 5) is 24.7. The van der Waals surface area contributed by atoms with Crippen LogP contribution in [0.25, 0.3) is 0 Å². The summed E-state index contributed by atoms with van der Waals surface area (Å²) < 4.78 is 5.43. The van der Waals surface area contributed by atoms with Gasteiger partial charge < -0.3 is 9.84 Å². The number of carboxylic acids is 1. The highest BCUT2D eigenvalue weighted by molar-refractivity contribution is 6.04. The second-order valence-corrected chi connectivity index (χ2v) is 7.51. The lowest BCUT2D eigenvalue weighted by atomic mass is 9.91. The lowest BCUT2D eigenvalue weighted by molar-refractivity contribution is 0.0486. The second kappa shape index (κ2) is 14.2. The molecule has 1 rings (SSSR count). The Bertz CT molecular complexity index is 607. The number of hydrogen-bond acceptors (Lipinski definition) is 3. The summed E-state index contributed by atoms with van der Waals surface area (Å²) in [5, 5.41) is 9.82. The smallest absolute Gasteiger partial charge is 0.339 e. The molecular formula is C24H38O4. The number of carbonyl (C=O) groups is 2. The molecule has 0 fully saturated rings. The molecule has 1 aromatic rings. The van der Waals surface area contributed by atoms with Crippen LogP contribution in [0.5, 0.6) is 0 Å². The first-order chi connectivity index (χ1) is 13.6. The minimum absolute atomic E-state index is 0.145. The van der Waals surface area contributed by atoms with Crippen LogP contribution in [0, 0.1) is 0 Å². The number of hydrogen-bond donors (Lipinski definition) is 1. The Morgan fingerprint density at radius 3 is 1.96 bits per heavy atom. The molecule has 0 saturated carbocycles. The molecule has 28 heavy (non-hydrogen) atoms. The quantitative estimate of drug-likeness (QED) is 0.271. The van der Waals surface area contributed by atoms with E-state index in [1.54, 1.807) is 0 Å². The zero-order valence-corrected chi connectivity index (χ0v) is 18.0. The molecule has 0 atom stereocenters. The van der Waals surface area contributed by atoms with E-state index < -0.39 is 11.9 Å². The van der Waals surface area contributed by atoms with Crippen molar-refractivity contribution in [2.24, 2.45) is 0 Å². The van der Waals surface area contributed by atoms with Gasteiger partial charge in [-0.25, -0.2) is 9.59 Å². The van der Waals surface area contributed by atoms with Crippen LogP contribution in [-0.4, -0.2) is 23.7 Å². The monoisotopic (exact) mass is 390 g/mol. The summed E-state index contributed by atoms with van der Waals surface area (Å²) in [6.45, 7) is 6.61. The van der Waals surface area contributed by atoms with E-state index in [1.807, 2.05) is 19.1 Å². The molecule has 0 saturated heterocycles. The van der Waals surface area contributed by atoms with Crippen LogP contribution in [0.4, 0.5) is 0 Å². The highest BCUT2D eigenvalue weighted by Gasteiger charge is 2.24. The number of rotatable bonds is 15. The van der Waals surface area contributed by atoms with E-state index >= 15 is 0 Å². The largest absolute Gasteiger partial charge is 0.478 e. The Hall–Kier alpha value is -1.84. The standard InChI is InChI=1S/C24H38O4/c1-4-7-9-11-12-13-15-20-17-16-19(6-3)22(21(20)23(25)26)24(27)28-18-14-10-8-5-2/h16-17H,4-15,18H2,1-3H3,(H,25,26). The molecule has 0 spiro atoms. The van der Waals surface area contributed by atoms with Gasteiger partial charge >= 0.3 is 11.9 Å². The molecule has 1 aromatic carbocycles. The Morgan fingerprint density at radius 2 is 1.36 bits per heavy atom. The lowest BCUT2D eigenvalue weighted by Crippen LogP contribution is -2.17. The van der Waals surface area contributed by atoms with Crippen molar-refractivity contribution in [3.05, 3.63) is 34.4 Å². The van der Waals surface area contributed by atoms with Crippen LogP contribution in [-0.2, 0) is 17.6 Å². The summed E-state index contributed by atoms with van der Waals surface area (Å²) in [7, 11) is 0. The molecule has 1 N–H and O–H groups in total. The van der Waals surface area contributed by atoms with E-state index in [0.717, 1.165) is 49.7 Å². The van der Waals surface area contributed by atoms with Gasteiger partial charge in [0.05, 0.1) is 17.7 Å². The fraction of sp³-hybridized carbons (Fsp3) is 0.667. The highest BCUT2D eigenvalue weighted by atomic mass is 16.5. The van der Waals surface area contributed by atoms with Gasteiger partial charge in [-0.2, -0.15) is 0 Å². The van der Waals surface area contributed by atoms with Crippen molar-refractivity contribution in [1.82, 2.24) is 0 Å². The average Bonchev–Trinajstić information content (AvgIpc) is 2.69. The second-order valence-electron chi connectivity index (χ2n) is 7.51. The zero-order valence-electron chi connectivity index (χ0n) is 18.0. The van der Waals surface area contributed by atoms with Gasteiger partial charge in [-0.3, -0.25) is 0 Å². The average molecular weight is 391 g/mol. The van der Waals surface area contributed by atoms with Crippen LogP contribution < -0.4 is 0 Å². The third-order valence-electron chi connectivity index (χ3n) is 5.21. The summed E-state index contributed by atoms with van der Waals surface area (Å²) in [5.74, 6) is -1.52. The third-order valence-corrected chi connectivity index (χ3v) is 5.21. The van der Waals surface area contributed by atoms with Gasteiger partial charge in [0.1, 0.15) is 0 Å². The van der Waals surface area contributed by atoms with Crippen molar-refractivity contribution >= 4 is 11.9 Å². The summed E-state index contributed by atoms with van der Waals surface area (Å²) in [6.07, 6.45) is 12.3. The van der Waals surface area contributed by atoms with Crippen molar-refractivity contribution in [3.8, 4) is 0 Å². The van der Waals surface area contributed by atoms with Gasteiger partial charge in [-0.05, 0) is 36.8 Å². The number of ether oxygens (including phenoxy) is 1. The summed E-state index contributed by atoms with van der Waals surface area (Å²) in [5.41, 5.74) is 1.90.